The number of rotatable bonds is 3. The lowest BCUT2D eigenvalue weighted by Gasteiger charge is -2.29. The quantitative estimate of drug-likeness (QED) is 0.902. The number of halogens is 1. The molecule has 0 saturated heterocycles. The molecule has 0 radical (unpaired) electrons. The zero-order valence-electron chi connectivity index (χ0n) is 10.5. The van der Waals surface area contributed by atoms with Gasteiger partial charge in [0.25, 0.3) is 0 Å². The standard InChI is InChI=1S/C13H19ClN2O/c1-13(2,3)12(17)16(8-7-15)11-6-4-5-10(14)9-11/h4-6,9H,7-8,15H2,1-3H3. The van der Waals surface area contributed by atoms with Gasteiger partial charge in [-0.05, 0) is 18.2 Å². The minimum atomic E-state index is -0.433. The number of carbonyl (C=O) groups is 1. The highest BCUT2D eigenvalue weighted by molar-refractivity contribution is 6.30. The summed E-state index contributed by atoms with van der Waals surface area (Å²) in [4.78, 5) is 14.0. The van der Waals surface area contributed by atoms with Crippen molar-refractivity contribution >= 4 is 23.2 Å². The van der Waals surface area contributed by atoms with E-state index < -0.39 is 5.41 Å². The molecule has 1 aromatic carbocycles. The van der Waals surface area contributed by atoms with Crippen molar-refractivity contribution in [3.8, 4) is 0 Å². The maximum atomic E-state index is 12.3. The van der Waals surface area contributed by atoms with Crippen LogP contribution in [-0.4, -0.2) is 19.0 Å². The van der Waals surface area contributed by atoms with Gasteiger partial charge in [0, 0.05) is 29.2 Å². The van der Waals surface area contributed by atoms with E-state index in [9.17, 15) is 4.79 Å². The molecule has 0 aliphatic rings. The molecule has 2 N–H and O–H groups in total. The minimum Gasteiger partial charge on any atom is -0.329 e. The van der Waals surface area contributed by atoms with Gasteiger partial charge >= 0.3 is 0 Å². The minimum absolute atomic E-state index is 0.0465. The van der Waals surface area contributed by atoms with Gasteiger partial charge in [0.15, 0.2) is 0 Å². The summed E-state index contributed by atoms with van der Waals surface area (Å²) in [5.41, 5.74) is 5.92. The van der Waals surface area contributed by atoms with Crippen molar-refractivity contribution in [1.82, 2.24) is 0 Å². The van der Waals surface area contributed by atoms with Crippen molar-refractivity contribution in [3.05, 3.63) is 29.3 Å². The van der Waals surface area contributed by atoms with Gasteiger partial charge in [0.05, 0.1) is 0 Å². The van der Waals surface area contributed by atoms with Gasteiger partial charge in [-0.1, -0.05) is 38.4 Å². The van der Waals surface area contributed by atoms with Crippen LogP contribution in [0.5, 0.6) is 0 Å². The fourth-order valence-corrected chi connectivity index (χ4v) is 1.71. The van der Waals surface area contributed by atoms with E-state index >= 15 is 0 Å². The number of hydrogen-bond donors (Lipinski definition) is 1. The van der Waals surface area contributed by atoms with Gasteiger partial charge in [0.1, 0.15) is 0 Å². The molecule has 0 heterocycles. The molecule has 3 nitrogen and oxygen atoms in total. The summed E-state index contributed by atoms with van der Waals surface area (Å²) in [6.45, 7) is 6.60. The van der Waals surface area contributed by atoms with Crippen LogP contribution in [0.15, 0.2) is 24.3 Å². The molecule has 4 heteroatoms. The molecule has 17 heavy (non-hydrogen) atoms. The summed E-state index contributed by atoms with van der Waals surface area (Å²) < 4.78 is 0. The highest BCUT2D eigenvalue weighted by Gasteiger charge is 2.27. The maximum Gasteiger partial charge on any atom is 0.232 e. The molecule has 0 aliphatic heterocycles. The second-order valence-electron chi connectivity index (χ2n) is 4.98. The van der Waals surface area contributed by atoms with E-state index in [1.807, 2.05) is 32.9 Å². The molecular formula is C13H19ClN2O. The molecule has 0 fully saturated rings. The molecule has 1 rings (SSSR count). The molecule has 1 aromatic rings. The van der Waals surface area contributed by atoms with E-state index in [0.717, 1.165) is 5.69 Å². The predicted molar refractivity (Wildman–Crippen MR) is 72.3 cm³/mol. The summed E-state index contributed by atoms with van der Waals surface area (Å²) in [6.07, 6.45) is 0. The fourth-order valence-electron chi connectivity index (χ4n) is 1.53. The summed E-state index contributed by atoms with van der Waals surface area (Å²) in [5, 5.41) is 0.617. The van der Waals surface area contributed by atoms with Crippen LogP contribution in [0.3, 0.4) is 0 Å². The molecular weight excluding hydrogens is 236 g/mol. The number of nitrogens with two attached hydrogens (primary N) is 1. The van der Waals surface area contributed by atoms with Gasteiger partial charge in [-0.3, -0.25) is 4.79 Å². The van der Waals surface area contributed by atoms with Crippen LogP contribution in [0, 0.1) is 5.41 Å². The second kappa shape index (κ2) is 5.52. The molecule has 0 saturated carbocycles. The number of hydrogen-bond acceptors (Lipinski definition) is 2. The smallest absolute Gasteiger partial charge is 0.232 e. The van der Waals surface area contributed by atoms with E-state index in [1.165, 1.54) is 0 Å². The van der Waals surface area contributed by atoms with Crippen molar-refractivity contribution in [3.63, 3.8) is 0 Å². The molecule has 0 atom stereocenters. The summed E-state index contributed by atoms with van der Waals surface area (Å²) in [6, 6.07) is 7.26. The average molecular weight is 255 g/mol. The van der Waals surface area contributed by atoms with E-state index in [2.05, 4.69) is 0 Å². The number of benzene rings is 1. The lowest BCUT2D eigenvalue weighted by Crippen LogP contribution is -2.42. The van der Waals surface area contributed by atoms with Gasteiger partial charge in [0.2, 0.25) is 5.91 Å². The van der Waals surface area contributed by atoms with Gasteiger partial charge < -0.3 is 10.6 Å². The first-order valence-corrected chi connectivity index (χ1v) is 6.01. The molecule has 1 amide bonds. The third-order valence-corrected chi connectivity index (χ3v) is 2.59. The van der Waals surface area contributed by atoms with E-state index in [-0.39, 0.29) is 5.91 Å². The van der Waals surface area contributed by atoms with E-state index in [1.54, 1.807) is 17.0 Å². The fraction of sp³-hybridized carbons (Fsp3) is 0.462. The largest absolute Gasteiger partial charge is 0.329 e. The normalized spacial score (nSPS) is 11.4. The van der Waals surface area contributed by atoms with Crippen LogP contribution in [0.4, 0.5) is 5.69 Å². The average Bonchev–Trinajstić information content (AvgIpc) is 2.23. The number of anilines is 1. The Kier molecular flexibility index (Phi) is 4.54. The topological polar surface area (TPSA) is 46.3 Å². The zero-order chi connectivity index (χ0) is 13.1. The van der Waals surface area contributed by atoms with Crippen LogP contribution in [0.1, 0.15) is 20.8 Å². The Morgan fingerprint density at radius 3 is 2.53 bits per heavy atom. The van der Waals surface area contributed by atoms with Gasteiger partial charge in [-0.2, -0.15) is 0 Å². The highest BCUT2D eigenvalue weighted by Crippen LogP contribution is 2.25. The summed E-state index contributed by atoms with van der Waals surface area (Å²) in [5.74, 6) is 0.0465. The highest BCUT2D eigenvalue weighted by atomic mass is 35.5. The molecule has 0 aromatic heterocycles. The Morgan fingerprint density at radius 2 is 2.06 bits per heavy atom. The Morgan fingerprint density at radius 1 is 1.41 bits per heavy atom. The number of carbonyl (C=O) groups excluding carboxylic acids is 1. The van der Waals surface area contributed by atoms with Crippen LogP contribution in [0.25, 0.3) is 0 Å². The first-order chi connectivity index (χ1) is 7.86. The second-order valence-corrected chi connectivity index (χ2v) is 5.41. The number of amides is 1. The predicted octanol–water partition coefficient (Wildman–Crippen LogP) is 2.68. The Balaban J connectivity index is 3.05. The van der Waals surface area contributed by atoms with Crippen LogP contribution >= 0.6 is 11.6 Å². The first kappa shape index (κ1) is 14.0. The monoisotopic (exact) mass is 254 g/mol. The number of nitrogens with zero attached hydrogens (tertiary/aromatic N) is 1. The first-order valence-electron chi connectivity index (χ1n) is 5.64. The maximum absolute atomic E-state index is 12.3. The molecule has 0 bridgehead atoms. The third-order valence-electron chi connectivity index (χ3n) is 2.36. The van der Waals surface area contributed by atoms with Gasteiger partial charge in [-0.25, -0.2) is 0 Å². The van der Waals surface area contributed by atoms with Crippen molar-refractivity contribution in [2.24, 2.45) is 11.1 Å². The van der Waals surface area contributed by atoms with Crippen molar-refractivity contribution < 1.29 is 4.79 Å². The Hall–Kier alpha value is -1.06. The molecule has 94 valence electrons. The summed E-state index contributed by atoms with van der Waals surface area (Å²) in [7, 11) is 0. The summed E-state index contributed by atoms with van der Waals surface area (Å²) >= 11 is 5.94. The van der Waals surface area contributed by atoms with Gasteiger partial charge in [-0.15, -0.1) is 0 Å². The Labute approximate surface area is 108 Å². The van der Waals surface area contributed by atoms with Crippen LogP contribution < -0.4 is 10.6 Å². The van der Waals surface area contributed by atoms with Crippen molar-refractivity contribution in [2.45, 2.75) is 20.8 Å². The molecule has 0 spiro atoms. The lowest BCUT2D eigenvalue weighted by molar-refractivity contribution is -0.125. The SMILES string of the molecule is CC(C)(C)C(=O)N(CCN)c1cccc(Cl)c1. The Bertz CT molecular complexity index is 399. The van der Waals surface area contributed by atoms with Crippen LogP contribution in [0.2, 0.25) is 5.02 Å². The lowest BCUT2D eigenvalue weighted by atomic mass is 9.94. The van der Waals surface area contributed by atoms with E-state index in [4.69, 9.17) is 17.3 Å². The van der Waals surface area contributed by atoms with Crippen LogP contribution in [-0.2, 0) is 4.79 Å². The third kappa shape index (κ3) is 3.72. The molecule has 0 aliphatic carbocycles. The van der Waals surface area contributed by atoms with Crippen molar-refractivity contribution in [2.75, 3.05) is 18.0 Å². The van der Waals surface area contributed by atoms with E-state index in [0.29, 0.717) is 18.1 Å². The van der Waals surface area contributed by atoms with Crippen molar-refractivity contribution in [1.29, 1.82) is 0 Å². The molecule has 0 unspecified atom stereocenters. The zero-order valence-corrected chi connectivity index (χ0v) is 11.3.